The zero-order valence-corrected chi connectivity index (χ0v) is 13.3. The molecule has 4 heteroatoms. The van der Waals surface area contributed by atoms with Gasteiger partial charge in [-0.25, -0.2) is 0 Å². The van der Waals surface area contributed by atoms with Crippen LogP contribution in [0, 0.1) is 11.8 Å². The van der Waals surface area contributed by atoms with Gasteiger partial charge in [-0.3, -0.25) is 4.79 Å². The number of rotatable bonds is 5. The highest BCUT2D eigenvalue weighted by atomic mass is 35.5. The van der Waals surface area contributed by atoms with E-state index in [1.54, 1.807) is 0 Å². The quantitative estimate of drug-likeness (QED) is 0.846. The van der Waals surface area contributed by atoms with Crippen molar-refractivity contribution in [2.75, 3.05) is 19.6 Å². The van der Waals surface area contributed by atoms with Crippen LogP contribution in [-0.2, 0) is 4.79 Å². The lowest BCUT2D eigenvalue weighted by atomic mass is 9.88. The summed E-state index contributed by atoms with van der Waals surface area (Å²) in [6, 6.07) is 0.601. The molecule has 0 aromatic heterocycles. The van der Waals surface area contributed by atoms with Gasteiger partial charge in [0.15, 0.2) is 0 Å². The average molecular weight is 301 g/mol. The van der Waals surface area contributed by atoms with E-state index in [0.717, 1.165) is 32.0 Å². The summed E-state index contributed by atoms with van der Waals surface area (Å²) in [4.78, 5) is 14.8. The molecule has 116 valence electrons. The second-order valence-corrected chi connectivity index (χ2v) is 6.84. The summed E-state index contributed by atoms with van der Waals surface area (Å²) in [6.45, 7) is 3.21. The van der Waals surface area contributed by atoms with Gasteiger partial charge in [0.1, 0.15) is 0 Å². The molecule has 0 aromatic rings. The molecule has 0 bridgehead atoms. The third kappa shape index (κ3) is 4.36. The number of carbonyl (C=O) groups excluding carboxylic acids is 1. The van der Waals surface area contributed by atoms with Crippen LogP contribution in [0.5, 0.6) is 0 Å². The largest absolute Gasteiger partial charge is 0.339 e. The maximum atomic E-state index is 12.6. The minimum Gasteiger partial charge on any atom is -0.339 e. The highest BCUT2D eigenvalue weighted by Crippen LogP contribution is 2.32. The van der Waals surface area contributed by atoms with E-state index in [0.29, 0.717) is 17.9 Å². The number of halogens is 1. The van der Waals surface area contributed by atoms with Crippen molar-refractivity contribution < 1.29 is 4.79 Å². The third-order valence-corrected chi connectivity index (χ3v) is 5.11. The van der Waals surface area contributed by atoms with Gasteiger partial charge in [-0.05, 0) is 57.0 Å². The smallest absolute Gasteiger partial charge is 0.223 e. The van der Waals surface area contributed by atoms with Gasteiger partial charge in [0.25, 0.3) is 0 Å². The Kier molecular flexibility index (Phi) is 6.16. The minimum atomic E-state index is 0. The normalized spacial score (nSPS) is 27.1. The Morgan fingerprint density at radius 1 is 1.00 bits per heavy atom. The molecule has 3 rings (SSSR count). The number of hydrogen-bond donors (Lipinski definition) is 1. The summed E-state index contributed by atoms with van der Waals surface area (Å²) >= 11 is 0. The summed E-state index contributed by atoms with van der Waals surface area (Å²) in [7, 11) is 0. The molecule has 1 heterocycles. The van der Waals surface area contributed by atoms with Gasteiger partial charge in [-0.2, -0.15) is 0 Å². The second-order valence-electron chi connectivity index (χ2n) is 6.84. The molecular formula is C16H29ClN2O. The summed E-state index contributed by atoms with van der Waals surface area (Å²) in [5.74, 6) is 1.84. The first-order valence-electron chi connectivity index (χ1n) is 8.33. The highest BCUT2D eigenvalue weighted by molar-refractivity contribution is 5.85. The van der Waals surface area contributed by atoms with Crippen LogP contribution in [0.2, 0.25) is 0 Å². The van der Waals surface area contributed by atoms with E-state index < -0.39 is 0 Å². The fourth-order valence-corrected chi connectivity index (χ4v) is 3.74. The van der Waals surface area contributed by atoms with Gasteiger partial charge in [-0.15, -0.1) is 12.4 Å². The van der Waals surface area contributed by atoms with Crippen molar-refractivity contribution in [2.45, 2.75) is 63.8 Å². The Bertz CT molecular complexity index is 308. The van der Waals surface area contributed by atoms with E-state index in [1.165, 1.54) is 51.4 Å². The number of nitrogens with one attached hydrogen (secondary N) is 1. The molecule has 3 fully saturated rings. The van der Waals surface area contributed by atoms with E-state index in [1.807, 2.05) is 0 Å². The van der Waals surface area contributed by atoms with Crippen LogP contribution in [0.15, 0.2) is 0 Å². The molecule has 20 heavy (non-hydrogen) atoms. The summed E-state index contributed by atoms with van der Waals surface area (Å²) in [5, 5.41) is 3.37. The van der Waals surface area contributed by atoms with Crippen LogP contribution >= 0.6 is 12.4 Å². The van der Waals surface area contributed by atoms with E-state index >= 15 is 0 Å². The maximum Gasteiger partial charge on any atom is 0.223 e. The lowest BCUT2D eigenvalue weighted by molar-refractivity contribution is -0.133. The molecule has 0 aromatic carbocycles. The fourth-order valence-electron chi connectivity index (χ4n) is 3.74. The predicted molar refractivity (Wildman–Crippen MR) is 84.2 cm³/mol. The highest BCUT2D eigenvalue weighted by Gasteiger charge is 2.35. The van der Waals surface area contributed by atoms with Crippen LogP contribution in [0.4, 0.5) is 0 Å². The topological polar surface area (TPSA) is 32.3 Å². The molecule has 0 radical (unpaired) electrons. The molecule has 2 saturated carbocycles. The van der Waals surface area contributed by atoms with Gasteiger partial charge in [0.05, 0.1) is 0 Å². The van der Waals surface area contributed by atoms with E-state index in [9.17, 15) is 4.79 Å². The molecule has 1 N–H and O–H groups in total. The van der Waals surface area contributed by atoms with Crippen molar-refractivity contribution in [3.63, 3.8) is 0 Å². The first kappa shape index (κ1) is 16.1. The Balaban J connectivity index is 0.00000147. The number of carbonyl (C=O) groups is 1. The van der Waals surface area contributed by atoms with Crippen molar-refractivity contribution in [2.24, 2.45) is 11.8 Å². The molecule has 1 saturated heterocycles. The number of hydrogen-bond acceptors (Lipinski definition) is 2. The zero-order valence-electron chi connectivity index (χ0n) is 12.5. The summed E-state index contributed by atoms with van der Waals surface area (Å²) < 4.78 is 0. The van der Waals surface area contributed by atoms with Gasteiger partial charge < -0.3 is 10.2 Å². The Labute approximate surface area is 129 Å². The van der Waals surface area contributed by atoms with E-state index in [-0.39, 0.29) is 12.4 Å². The van der Waals surface area contributed by atoms with E-state index in [4.69, 9.17) is 0 Å². The standard InChI is InChI=1S/C16H28N2O.ClH/c19-16(10-14-8-9-17-11-14)18(15-6-7-15)12-13-4-2-1-3-5-13;/h13-15,17H,1-12H2;1H. The van der Waals surface area contributed by atoms with Crippen LogP contribution in [0.25, 0.3) is 0 Å². The lowest BCUT2D eigenvalue weighted by Crippen LogP contribution is -2.38. The van der Waals surface area contributed by atoms with E-state index in [2.05, 4.69) is 10.2 Å². The van der Waals surface area contributed by atoms with Gasteiger partial charge in [-0.1, -0.05) is 19.3 Å². The Morgan fingerprint density at radius 3 is 2.35 bits per heavy atom. The monoisotopic (exact) mass is 300 g/mol. The van der Waals surface area contributed by atoms with Crippen LogP contribution in [-0.4, -0.2) is 36.5 Å². The molecule has 1 aliphatic heterocycles. The second kappa shape index (κ2) is 7.65. The summed E-state index contributed by atoms with van der Waals surface area (Å²) in [6.07, 6.45) is 11.3. The number of amides is 1. The van der Waals surface area contributed by atoms with Crippen molar-refractivity contribution in [1.82, 2.24) is 10.2 Å². The zero-order chi connectivity index (χ0) is 13.1. The molecule has 2 aliphatic carbocycles. The Morgan fingerprint density at radius 2 is 1.75 bits per heavy atom. The molecule has 1 unspecified atom stereocenters. The maximum absolute atomic E-state index is 12.6. The van der Waals surface area contributed by atoms with Gasteiger partial charge in [0.2, 0.25) is 5.91 Å². The third-order valence-electron chi connectivity index (χ3n) is 5.11. The molecular weight excluding hydrogens is 272 g/mol. The van der Waals surface area contributed by atoms with Crippen molar-refractivity contribution in [3.05, 3.63) is 0 Å². The lowest BCUT2D eigenvalue weighted by Gasteiger charge is -2.30. The molecule has 1 atom stereocenters. The fraction of sp³-hybridized carbons (Fsp3) is 0.938. The van der Waals surface area contributed by atoms with Gasteiger partial charge >= 0.3 is 0 Å². The average Bonchev–Trinajstić information content (AvgIpc) is 3.15. The van der Waals surface area contributed by atoms with Crippen LogP contribution in [0.3, 0.4) is 0 Å². The summed E-state index contributed by atoms with van der Waals surface area (Å²) in [5.41, 5.74) is 0. The molecule has 3 aliphatic rings. The van der Waals surface area contributed by atoms with Crippen LogP contribution < -0.4 is 5.32 Å². The molecule has 3 nitrogen and oxygen atoms in total. The van der Waals surface area contributed by atoms with Crippen molar-refractivity contribution in [1.29, 1.82) is 0 Å². The Hall–Kier alpha value is -0.280. The predicted octanol–water partition coefficient (Wildman–Crippen LogP) is 2.98. The van der Waals surface area contributed by atoms with Crippen molar-refractivity contribution in [3.8, 4) is 0 Å². The SMILES string of the molecule is Cl.O=C(CC1CCNC1)N(CC1CCCCC1)C1CC1. The molecule has 1 amide bonds. The number of nitrogens with zero attached hydrogens (tertiary/aromatic N) is 1. The first-order valence-corrected chi connectivity index (χ1v) is 8.33. The van der Waals surface area contributed by atoms with Crippen molar-refractivity contribution >= 4 is 18.3 Å². The van der Waals surface area contributed by atoms with Gasteiger partial charge in [0, 0.05) is 19.0 Å². The minimum absolute atomic E-state index is 0. The molecule has 0 spiro atoms. The van der Waals surface area contributed by atoms with Crippen LogP contribution in [0.1, 0.15) is 57.8 Å². The first-order chi connectivity index (χ1) is 9.33.